The quantitative estimate of drug-likeness (QED) is 0.468. The van der Waals surface area contributed by atoms with Gasteiger partial charge >= 0.3 is 0 Å². The molecule has 0 bridgehead atoms. The summed E-state index contributed by atoms with van der Waals surface area (Å²) in [7, 11) is 0. The van der Waals surface area contributed by atoms with E-state index in [0.717, 1.165) is 46.0 Å². The number of carbonyl (C=O) groups excluding carboxylic acids is 1. The van der Waals surface area contributed by atoms with Gasteiger partial charge in [-0.05, 0) is 32.0 Å². The maximum Gasteiger partial charge on any atom is 0.275 e. The van der Waals surface area contributed by atoms with E-state index in [0.29, 0.717) is 24.6 Å². The van der Waals surface area contributed by atoms with Crippen molar-refractivity contribution in [2.75, 3.05) is 26.2 Å². The van der Waals surface area contributed by atoms with Crippen molar-refractivity contribution >= 4 is 22.2 Å². The number of piperazine rings is 1. The third kappa shape index (κ3) is 4.58. The molecular weight excluding hydrogens is 434 g/mol. The highest BCUT2D eigenvalue weighted by Gasteiger charge is 2.23. The fraction of sp³-hybridized carbons (Fsp3) is 0.280. The standard InChI is InChI=1S/C25H25N5O2S/c1-17-5-3-7-19(13-17)23-27-30-22(31)15-21(26-25(30)33-23)16-28-9-11-29(12-10-28)24(32)20-8-4-6-18(2)14-20/h3-8,13-15H,9-12,16H2,1-2H3. The normalized spacial score (nSPS) is 14.7. The monoisotopic (exact) mass is 459 g/mol. The van der Waals surface area contributed by atoms with E-state index in [1.807, 2.05) is 61.2 Å². The number of hydrogen-bond acceptors (Lipinski definition) is 6. The van der Waals surface area contributed by atoms with Crippen molar-refractivity contribution in [2.24, 2.45) is 0 Å². The van der Waals surface area contributed by atoms with Crippen LogP contribution in [0.2, 0.25) is 0 Å². The molecule has 0 saturated carbocycles. The smallest absolute Gasteiger partial charge is 0.275 e. The molecule has 2 aromatic heterocycles. The minimum atomic E-state index is -0.168. The lowest BCUT2D eigenvalue weighted by Gasteiger charge is -2.34. The molecular formula is C25H25N5O2S. The molecule has 4 aromatic rings. The minimum Gasteiger partial charge on any atom is -0.336 e. The first kappa shape index (κ1) is 21.5. The Morgan fingerprint density at radius 2 is 1.70 bits per heavy atom. The second kappa shape index (κ2) is 8.88. The number of aromatic nitrogens is 3. The highest BCUT2D eigenvalue weighted by atomic mass is 32.1. The first-order chi connectivity index (χ1) is 16.0. The van der Waals surface area contributed by atoms with E-state index >= 15 is 0 Å². The summed E-state index contributed by atoms with van der Waals surface area (Å²) in [6.07, 6.45) is 0. The van der Waals surface area contributed by atoms with Crippen LogP contribution in [-0.2, 0) is 6.54 Å². The Bertz CT molecular complexity index is 1390. The zero-order valence-electron chi connectivity index (χ0n) is 18.7. The van der Waals surface area contributed by atoms with Crippen LogP contribution in [0.5, 0.6) is 0 Å². The number of benzene rings is 2. The van der Waals surface area contributed by atoms with Gasteiger partial charge in [0.05, 0.1) is 5.69 Å². The zero-order valence-corrected chi connectivity index (χ0v) is 19.5. The number of nitrogens with zero attached hydrogens (tertiary/aromatic N) is 5. The van der Waals surface area contributed by atoms with Gasteiger partial charge in [0, 0.05) is 49.9 Å². The van der Waals surface area contributed by atoms with E-state index in [2.05, 4.69) is 16.1 Å². The minimum absolute atomic E-state index is 0.0736. The molecule has 1 amide bonds. The van der Waals surface area contributed by atoms with E-state index in [1.165, 1.54) is 15.9 Å². The molecule has 33 heavy (non-hydrogen) atoms. The molecule has 0 unspecified atom stereocenters. The summed E-state index contributed by atoms with van der Waals surface area (Å²) in [5, 5.41) is 5.26. The van der Waals surface area contributed by atoms with Crippen molar-refractivity contribution < 1.29 is 4.79 Å². The molecule has 0 aliphatic carbocycles. The summed E-state index contributed by atoms with van der Waals surface area (Å²) in [5.41, 5.74) is 4.52. The second-order valence-corrected chi connectivity index (χ2v) is 9.45. The van der Waals surface area contributed by atoms with Gasteiger partial charge < -0.3 is 4.90 Å². The Morgan fingerprint density at radius 3 is 2.42 bits per heavy atom. The van der Waals surface area contributed by atoms with E-state index in [4.69, 9.17) is 4.98 Å². The number of hydrogen-bond donors (Lipinski definition) is 0. The number of aryl methyl sites for hydroxylation is 2. The average molecular weight is 460 g/mol. The van der Waals surface area contributed by atoms with Gasteiger partial charge in [-0.15, -0.1) is 0 Å². The molecule has 2 aromatic carbocycles. The van der Waals surface area contributed by atoms with Crippen molar-refractivity contribution in [2.45, 2.75) is 20.4 Å². The Labute approximate surface area is 195 Å². The molecule has 0 radical (unpaired) electrons. The molecule has 0 spiro atoms. The van der Waals surface area contributed by atoms with Crippen LogP contribution in [0.1, 0.15) is 27.2 Å². The first-order valence-corrected chi connectivity index (χ1v) is 11.8. The van der Waals surface area contributed by atoms with Crippen LogP contribution in [0, 0.1) is 13.8 Å². The molecule has 0 atom stereocenters. The molecule has 168 valence electrons. The number of rotatable bonds is 4. The summed E-state index contributed by atoms with van der Waals surface area (Å²) in [5.74, 6) is 0.0736. The maximum absolute atomic E-state index is 12.8. The van der Waals surface area contributed by atoms with Crippen molar-refractivity contribution in [3.63, 3.8) is 0 Å². The van der Waals surface area contributed by atoms with Gasteiger partial charge in [-0.3, -0.25) is 14.5 Å². The van der Waals surface area contributed by atoms with Gasteiger partial charge in [0.1, 0.15) is 5.01 Å². The predicted octanol–water partition coefficient (Wildman–Crippen LogP) is 3.39. The lowest BCUT2D eigenvalue weighted by atomic mass is 10.1. The van der Waals surface area contributed by atoms with Gasteiger partial charge in [-0.2, -0.15) is 9.61 Å². The van der Waals surface area contributed by atoms with Crippen LogP contribution in [0.25, 0.3) is 15.5 Å². The van der Waals surface area contributed by atoms with Crippen molar-refractivity contribution in [3.05, 3.63) is 87.3 Å². The third-order valence-electron chi connectivity index (χ3n) is 5.87. The summed E-state index contributed by atoms with van der Waals surface area (Å²) in [4.78, 5) is 34.9. The molecule has 1 aliphatic rings. The predicted molar refractivity (Wildman–Crippen MR) is 130 cm³/mol. The van der Waals surface area contributed by atoms with Gasteiger partial charge in [0.2, 0.25) is 4.96 Å². The van der Waals surface area contributed by atoms with Gasteiger partial charge in [0.15, 0.2) is 0 Å². The number of amides is 1. The average Bonchev–Trinajstić information content (AvgIpc) is 3.24. The highest BCUT2D eigenvalue weighted by Crippen LogP contribution is 2.25. The van der Waals surface area contributed by atoms with Gasteiger partial charge in [-0.1, -0.05) is 52.8 Å². The summed E-state index contributed by atoms with van der Waals surface area (Å²) >= 11 is 1.42. The molecule has 1 fully saturated rings. The van der Waals surface area contributed by atoms with Crippen molar-refractivity contribution in [1.29, 1.82) is 0 Å². The summed E-state index contributed by atoms with van der Waals surface area (Å²) < 4.78 is 1.38. The van der Waals surface area contributed by atoms with E-state index in [1.54, 1.807) is 6.07 Å². The Morgan fingerprint density at radius 1 is 0.970 bits per heavy atom. The van der Waals surface area contributed by atoms with Crippen LogP contribution in [0.3, 0.4) is 0 Å². The molecule has 8 heteroatoms. The maximum atomic E-state index is 12.8. The number of carbonyl (C=O) groups is 1. The zero-order chi connectivity index (χ0) is 22.9. The Balaban J connectivity index is 1.28. The van der Waals surface area contributed by atoms with Gasteiger partial charge in [-0.25, -0.2) is 4.98 Å². The fourth-order valence-corrected chi connectivity index (χ4v) is 5.05. The highest BCUT2D eigenvalue weighted by molar-refractivity contribution is 7.19. The van der Waals surface area contributed by atoms with Crippen LogP contribution < -0.4 is 5.56 Å². The summed E-state index contributed by atoms with van der Waals surface area (Å²) in [6, 6.07) is 17.4. The topological polar surface area (TPSA) is 70.8 Å². The SMILES string of the molecule is Cc1cccc(C(=O)N2CCN(Cc3cc(=O)n4nc(-c5cccc(C)c5)sc4n3)CC2)c1. The Hall–Kier alpha value is -3.36. The first-order valence-electron chi connectivity index (χ1n) is 11.0. The second-order valence-electron chi connectivity index (χ2n) is 8.49. The van der Waals surface area contributed by atoms with Crippen molar-refractivity contribution in [3.8, 4) is 10.6 Å². The fourth-order valence-electron chi connectivity index (χ4n) is 4.13. The summed E-state index contributed by atoms with van der Waals surface area (Å²) in [6.45, 7) is 7.42. The largest absolute Gasteiger partial charge is 0.336 e. The van der Waals surface area contributed by atoms with Crippen LogP contribution >= 0.6 is 11.3 Å². The van der Waals surface area contributed by atoms with Crippen LogP contribution in [-0.4, -0.2) is 56.5 Å². The lowest BCUT2D eigenvalue weighted by Crippen LogP contribution is -2.48. The molecule has 0 N–H and O–H groups in total. The molecule has 1 saturated heterocycles. The molecule has 3 heterocycles. The molecule has 1 aliphatic heterocycles. The van der Waals surface area contributed by atoms with Crippen molar-refractivity contribution in [1.82, 2.24) is 24.4 Å². The van der Waals surface area contributed by atoms with Crippen LogP contribution in [0.15, 0.2) is 59.4 Å². The molecule has 5 rings (SSSR count). The molecule has 7 nitrogen and oxygen atoms in total. The number of fused-ring (bicyclic) bond motifs is 1. The third-order valence-corrected chi connectivity index (χ3v) is 6.83. The Kier molecular flexibility index (Phi) is 5.78. The van der Waals surface area contributed by atoms with Crippen LogP contribution in [0.4, 0.5) is 0 Å². The van der Waals surface area contributed by atoms with E-state index < -0.39 is 0 Å². The van der Waals surface area contributed by atoms with Gasteiger partial charge in [0.25, 0.3) is 11.5 Å². The lowest BCUT2D eigenvalue weighted by molar-refractivity contribution is 0.0627. The van der Waals surface area contributed by atoms with E-state index in [9.17, 15) is 9.59 Å². The van der Waals surface area contributed by atoms with E-state index in [-0.39, 0.29) is 11.5 Å².